The predicted octanol–water partition coefficient (Wildman–Crippen LogP) is 16.3. The number of carbonyl (C=O) groups excluding carboxylic acids is 6. The average molecular weight is 1280 g/mol. The van der Waals surface area contributed by atoms with Crippen molar-refractivity contribution in [1.82, 2.24) is 20.6 Å². The minimum atomic E-state index is -0.872. The zero-order valence-corrected chi connectivity index (χ0v) is 54.8. The van der Waals surface area contributed by atoms with E-state index in [2.05, 4.69) is 56.0 Å². The predicted molar refractivity (Wildman–Crippen MR) is 329 cm³/mol. The lowest BCUT2D eigenvalue weighted by molar-refractivity contribution is -0.138. The highest BCUT2D eigenvalue weighted by atomic mass is 35.5. The minimum absolute atomic E-state index is 0.0145. The normalized spacial score (nSPS) is 27.0. The largest absolute Gasteiger partial charge is 0.443 e. The van der Waals surface area contributed by atoms with Crippen LogP contribution in [0.4, 0.5) is 21.0 Å². The van der Waals surface area contributed by atoms with Gasteiger partial charge in [-0.2, -0.15) is 0 Å². The number of hydrogen-bond acceptors (Lipinski definition) is 10. The maximum atomic E-state index is 13.7. The first kappa shape index (κ1) is 66.1. The lowest BCUT2D eigenvalue weighted by atomic mass is 9.70. The molecule has 22 heteroatoms. The quantitative estimate of drug-likeness (QED) is 0.0819. The van der Waals surface area contributed by atoms with Gasteiger partial charge in [0.1, 0.15) is 17.1 Å². The highest BCUT2D eigenvalue weighted by Crippen LogP contribution is 2.68. The molecule has 6 bridgehead atoms. The van der Waals surface area contributed by atoms with Crippen LogP contribution < -0.4 is 26.8 Å². The molecule has 0 aliphatic heterocycles. The molecular weight excluding hydrogens is 1210 g/mol. The summed E-state index contributed by atoms with van der Waals surface area (Å²) in [6, 6.07) is 14.6. The Morgan fingerprint density at radius 1 is 0.602 bits per heavy atom. The molecule has 4 N–H and O–H groups in total. The molecule has 6 aliphatic carbocycles. The van der Waals surface area contributed by atoms with Crippen LogP contribution in [0.15, 0.2) is 59.4 Å². The molecule has 1 heterocycles. The molecule has 452 valence electrons. The highest BCUT2D eigenvalue weighted by Gasteiger charge is 2.69. The van der Waals surface area contributed by atoms with Gasteiger partial charge < -0.3 is 9.47 Å². The number of halogens is 7. The molecule has 1 aromatic heterocycles. The summed E-state index contributed by atoms with van der Waals surface area (Å²) in [6.45, 7) is 29.4. The first-order valence-electron chi connectivity index (χ1n) is 27.6. The third-order valence-corrected chi connectivity index (χ3v) is 21.3. The number of ether oxygens (including phenoxy) is 2. The SMILES string of the molecule is CC(C)(C)OC(=O)NN(C(=O)C1C(=O)[C@]2(C)CC[C@H]1C2(C)C)c1cc(Cl)ccc1Cl.CC(C)(C)OC(=O)NNc1cc(Cl)ccc1Cl.CC1(C)[C@@H]2CC[C@@]1(C)C(=O)C2C(=O)Cl.CC1(C)[C@@H]2CC[C@@]1(C)c1[nH]n(-c3cc(Cl)ccc3Cl)c(=O)c12. The van der Waals surface area contributed by atoms with E-state index in [0.29, 0.717) is 42.4 Å². The summed E-state index contributed by atoms with van der Waals surface area (Å²) in [4.78, 5) is 87.1. The van der Waals surface area contributed by atoms with Gasteiger partial charge in [0.25, 0.3) is 11.5 Å². The van der Waals surface area contributed by atoms with Crippen molar-refractivity contribution in [3.63, 3.8) is 0 Å². The second-order valence-corrected chi connectivity index (χ2v) is 29.8. The summed E-state index contributed by atoms with van der Waals surface area (Å²) >= 11 is 42.0. The van der Waals surface area contributed by atoms with Crippen LogP contribution in [0.1, 0.15) is 160 Å². The van der Waals surface area contributed by atoms with E-state index in [0.717, 1.165) is 54.8 Å². The molecule has 15 nitrogen and oxygen atoms in total. The lowest BCUT2D eigenvalue weighted by Gasteiger charge is -2.34. The second-order valence-electron chi connectivity index (χ2n) is 26.9. The van der Waals surface area contributed by atoms with Gasteiger partial charge in [-0.05, 0) is 180 Å². The zero-order valence-electron chi connectivity index (χ0n) is 49.5. The van der Waals surface area contributed by atoms with E-state index in [1.54, 1.807) is 88.7 Å². The van der Waals surface area contributed by atoms with Crippen molar-refractivity contribution in [3.8, 4) is 5.69 Å². The summed E-state index contributed by atoms with van der Waals surface area (Å²) in [6.07, 6.45) is 4.16. The third kappa shape index (κ3) is 12.2. The van der Waals surface area contributed by atoms with Crippen LogP contribution >= 0.6 is 81.2 Å². The van der Waals surface area contributed by atoms with Gasteiger partial charge in [-0.3, -0.25) is 34.5 Å². The van der Waals surface area contributed by atoms with Gasteiger partial charge in [-0.1, -0.05) is 132 Å². The number of hydrazine groups is 2. The van der Waals surface area contributed by atoms with Gasteiger partial charge in [-0.25, -0.2) is 30.1 Å². The Morgan fingerprint density at radius 3 is 1.55 bits per heavy atom. The van der Waals surface area contributed by atoms with E-state index in [4.69, 9.17) is 90.7 Å². The number of H-pyrrole nitrogens is 1. The number of amides is 3. The molecule has 8 atom stereocenters. The molecule has 0 saturated heterocycles. The smallest absolute Gasteiger partial charge is 0.427 e. The van der Waals surface area contributed by atoms with E-state index in [9.17, 15) is 33.6 Å². The number of Topliss-reactive ketones (excluding diaryl/α,β-unsaturated/α-hetero) is 2. The van der Waals surface area contributed by atoms with Crippen LogP contribution in [0.25, 0.3) is 5.69 Å². The lowest BCUT2D eigenvalue weighted by Crippen LogP contribution is -2.53. The number of rotatable bonds is 6. The monoisotopic (exact) mass is 1280 g/mol. The van der Waals surface area contributed by atoms with Crippen LogP contribution in [0.3, 0.4) is 0 Å². The third-order valence-electron chi connectivity index (χ3n) is 19.4. The van der Waals surface area contributed by atoms with Crippen molar-refractivity contribution < 1.29 is 38.2 Å². The fraction of sp³-hybridized carbons (Fsp3) is 0.557. The fourth-order valence-corrected chi connectivity index (χ4v) is 15.0. The standard InChI is InChI=1S/C22H28Cl2N2O4.C17H18Cl2N2O.C11H14Cl2N2O2.C11H15ClO2/c1-20(2,3)30-19(29)25-26(15-11-12(23)7-8-14(15)24)18(28)16-13-9-10-22(6,17(16)27)21(13,4)5;1-16(2)10-6-7-17(16,3)14-13(10)15(22)21(20-14)12-8-9(18)4-5-11(12)19;1-11(2,3)17-10(16)15-14-9-6-7(12)4-5-8(9)13;1-10(2)6-4-5-11(10,3)8(13)7(6)9(12)14/h7-8,11,13,16H,9-10H2,1-6H3,(H,25,29);4-5,8,10,20H,6-7H2,1-3H3;4-6,14H,1-3H3,(H,15,16);6-7H,4-5H2,1-3H3/t13-,16?,22+;10-,17+;;6-,7?,11+/m11.1/s1. The topological polar surface area (TPSA) is 198 Å². The van der Waals surface area contributed by atoms with Crippen molar-refractivity contribution in [2.24, 2.45) is 50.7 Å². The van der Waals surface area contributed by atoms with Gasteiger partial charge in [0.15, 0.2) is 11.6 Å². The summed E-state index contributed by atoms with van der Waals surface area (Å²) in [7, 11) is 0. The highest BCUT2D eigenvalue weighted by molar-refractivity contribution is 6.65. The first-order chi connectivity index (χ1) is 38.1. The van der Waals surface area contributed by atoms with E-state index in [1.165, 1.54) is 12.1 Å². The molecule has 5 fully saturated rings. The molecule has 2 unspecified atom stereocenters. The molecule has 10 rings (SSSR count). The number of benzene rings is 3. The van der Waals surface area contributed by atoms with E-state index < -0.39 is 51.8 Å². The molecule has 0 radical (unpaired) electrons. The van der Waals surface area contributed by atoms with Crippen LogP contribution in [0, 0.1) is 50.7 Å². The van der Waals surface area contributed by atoms with Gasteiger partial charge in [-0.15, -0.1) is 0 Å². The average Bonchev–Trinajstić information content (AvgIpc) is 3.12. The number of aromatic amines is 1. The fourth-order valence-electron chi connectivity index (χ4n) is 13.6. The number of nitrogens with one attached hydrogen (secondary N) is 4. The molecule has 0 spiro atoms. The summed E-state index contributed by atoms with van der Waals surface area (Å²) < 4.78 is 11.9. The number of anilines is 2. The van der Waals surface area contributed by atoms with Crippen molar-refractivity contribution >= 4 is 127 Å². The number of carbonyl (C=O) groups is 6. The van der Waals surface area contributed by atoms with Crippen molar-refractivity contribution in [3.05, 3.63) is 106 Å². The molecule has 83 heavy (non-hydrogen) atoms. The summed E-state index contributed by atoms with van der Waals surface area (Å²) in [5.41, 5.74) is 8.36. The van der Waals surface area contributed by atoms with E-state index in [-0.39, 0.29) is 66.7 Å². The van der Waals surface area contributed by atoms with Crippen LogP contribution in [-0.4, -0.2) is 55.9 Å². The number of aromatic nitrogens is 2. The van der Waals surface area contributed by atoms with Crippen LogP contribution in [0.5, 0.6) is 0 Å². The maximum Gasteiger partial charge on any atom is 0.427 e. The second kappa shape index (κ2) is 23.3. The van der Waals surface area contributed by atoms with Crippen LogP contribution in [0.2, 0.25) is 30.1 Å². The molecule has 3 amide bonds. The van der Waals surface area contributed by atoms with Gasteiger partial charge in [0.05, 0.1) is 38.0 Å². The summed E-state index contributed by atoms with van der Waals surface area (Å²) in [5, 5.41) is 6.49. The Balaban J connectivity index is 0.000000166. The van der Waals surface area contributed by atoms with Gasteiger partial charge in [0.2, 0.25) is 5.24 Å². The Kier molecular flexibility index (Phi) is 18.6. The number of fused-ring (bicyclic) bond motifs is 9. The van der Waals surface area contributed by atoms with E-state index in [1.807, 2.05) is 27.7 Å². The Hall–Kier alpha value is -4.48. The Morgan fingerprint density at radius 2 is 1.07 bits per heavy atom. The first-order valence-corrected chi connectivity index (χ1v) is 30.3. The number of hydrogen-bond donors (Lipinski definition) is 4. The zero-order chi connectivity index (χ0) is 62.3. The van der Waals surface area contributed by atoms with Crippen LogP contribution in [-0.2, 0) is 34.1 Å². The van der Waals surface area contributed by atoms with Gasteiger partial charge >= 0.3 is 12.2 Å². The molecule has 4 aromatic rings. The number of ketones is 2. The molecular formula is C61H75Cl7N6O9. The van der Waals surface area contributed by atoms with E-state index >= 15 is 0 Å². The van der Waals surface area contributed by atoms with Crippen molar-refractivity contribution in [2.75, 3.05) is 10.4 Å². The van der Waals surface area contributed by atoms with Crippen molar-refractivity contribution in [1.29, 1.82) is 0 Å². The Labute approximate surface area is 521 Å². The van der Waals surface area contributed by atoms with Gasteiger partial charge in [0, 0.05) is 42.6 Å². The Bertz CT molecular complexity index is 3330. The molecule has 3 aromatic carbocycles. The number of nitrogens with zero attached hydrogens (tertiary/aromatic N) is 2. The maximum absolute atomic E-state index is 13.7. The van der Waals surface area contributed by atoms with Crippen molar-refractivity contribution in [2.45, 2.75) is 165 Å². The summed E-state index contributed by atoms with van der Waals surface area (Å²) in [5.74, 6) is -1.61. The molecule has 5 saturated carbocycles. The minimum Gasteiger partial charge on any atom is -0.443 e. The molecule has 6 aliphatic rings.